The highest BCUT2D eigenvalue weighted by Crippen LogP contribution is 2.26. The number of hydrogen-bond donors (Lipinski definition) is 1. The standard InChI is InChI=1S/C14H15FN3O/c1-14(2,3)12-8-13(16-9-19)18(17-12)11-6-4-10(15)5-7-11/h4-8H,1-3H3,(H,16,19). The van der Waals surface area contributed by atoms with Crippen molar-refractivity contribution in [3.05, 3.63) is 41.8 Å². The molecule has 0 aliphatic heterocycles. The lowest BCUT2D eigenvalue weighted by molar-refractivity contribution is 0.559. The zero-order valence-corrected chi connectivity index (χ0v) is 11.1. The fourth-order valence-corrected chi connectivity index (χ4v) is 1.67. The van der Waals surface area contributed by atoms with Crippen LogP contribution in [0.25, 0.3) is 5.69 Å². The van der Waals surface area contributed by atoms with Gasteiger partial charge in [0.1, 0.15) is 11.6 Å². The van der Waals surface area contributed by atoms with Gasteiger partial charge in [-0.15, -0.1) is 0 Å². The van der Waals surface area contributed by atoms with E-state index in [-0.39, 0.29) is 11.2 Å². The first kappa shape index (κ1) is 13.3. The lowest BCUT2D eigenvalue weighted by atomic mass is 9.92. The third-order valence-corrected chi connectivity index (χ3v) is 2.73. The van der Waals surface area contributed by atoms with Crippen molar-refractivity contribution in [2.45, 2.75) is 26.2 Å². The third-order valence-electron chi connectivity index (χ3n) is 2.73. The molecule has 0 spiro atoms. The fraction of sp³-hybridized carbons (Fsp3) is 0.286. The summed E-state index contributed by atoms with van der Waals surface area (Å²) >= 11 is 0. The number of carbonyl (C=O) groups excluding carboxylic acids is 1. The molecule has 1 amide bonds. The second-order valence-corrected chi connectivity index (χ2v) is 5.28. The molecule has 2 aromatic rings. The molecule has 2 rings (SSSR count). The predicted octanol–water partition coefficient (Wildman–Crippen LogP) is 2.79. The van der Waals surface area contributed by atoms with E-state index in [1.807, 2.05) is 20.8 Å². The molecule has 1 aromatic heterocycles. The van der Waals surface area contributed by atoms with Gasteiger partial charge < -0.3 is 5.32 Å². The second kappa shape index (κ2) is 4.84. The smallest absolute Gasteiger partial charge is 0.302 e. The van der Waals surface area contributed by atoms with Crippen molar-refractivity contribution in [3.8, 4) is 5.69 Å². The van der Waals surface area contributed by atoms with Crippen LogP contribution in [0.2, 0.25) is 0 Å². The molecule has 0 aliphatic carbocycles. The summed E-state index contributed by atoms with van der Waals surface area (Å²) in [4.78, 5) is 10.5. The van der Waals surface area contributed by atoms with E-state index in [1.165, 1.54) is 12.1 Å². The molecule has 0 aliphatic rings. The molecular formula is C14H15FN3O. The number of hydrogen-bond acceptors (Lipinski definition) is 2. The monoisotopic (exact) mass is 260 g/mol. The van der Waals surface area contributed by atoms with Crippen molar-refractivity contribution >= 4 is 12.2 Å². The van der Waals surface area contributed by atoms with Crippen molar-refractivity contribution in [2.75, 3.05) is 5.32 Å². The molecule has 0 fully saturated rings. The Bertz CT molecular complexity index is 582. The quantitative estimate of drug-likeness (QED) is 0.863. The summed E-state index contributed by atoms with van der Waals surface area (Å²) in [6.45, 7) is 6.08. The van der Waals surface area contributed by atoms with Gasteiger partial charge in [-0.1, -0.05) is 20.8 Å². The highest BCUT2D eigenvalue weighted by molar-refractivity contribution is 5.71. The molecule has 0 bridgehead atoms. The Kier molecular flexibility index (Phi) is 3.38. The number of amides is 1. The van der Waals surface area contributed by atoms with Crippen LogP contribution in [0.4, 0.5) is 10.2 Å². The molecule has 99 valence electrons. The van der Waals surface area contributed by atoms with Crippen LogP contribution in [-0.4, -0.2) is 16.2 Å². The highest BCUT2D eigenvalue weighted by Gasteiger charge is 2.20. The van der Waals surface area contributed by atoms with Gasteiger partial charge in [0.2, 0.25) is 0 Å². The maximum absolute atomic E-state index is 12.9. The van der Waals surface area contributed by atoms with Crippen molar-refractivity contribution < 1.29 is 9.18 Å². The first-order valence-corrected chi connectivity index (χ1v) is 5.91. The zero-order valence-electron chi connectivity index (χ0n) is 11.1. The Labute approximate surface area is 111 Å². The first-order valence-electron chi connectivity index (χ1n) is 5.91. The Hall–Kier alpha value is -2.17. The molecule has 1 radical (unpaired) electrons. The van der Waals surface area contributed by atoms with Crippen LogP contribution < -0.4 is 5.32 Å². The maximum Gasteiger partial charge on any atom is 0.315 e. The van der Waals surface area contributed by atoms with Crippen LogP contribution in [0.3, 0.4) is 0 Å². The van der Waals surface area contributed by atoms with Gasteiger partial charge in [0, 0.05) is 11.5 Å². The van der Waals surface area contributed by atoms with E-state index in [0.29, 0.717) is 11.5 Å². The van der Waals surface area contributed by atoms with Crippen molar-refractivity contribution in [1.29, 1.82) is 0 Å². The average molecular weight is 260 g/mol. The number of rotatable bonds is 3. The van der Waals surface area contributed by atoms with Gasteiger partial charge in [0.05, 0.1) is 11.4 Å². The third kappa shape index (κ3) is 2.81. The normalized spacial score (nSPS) is 11.4. The summed E-state index contributed by atoms with van der Waals surface area (Å²) in [5, 5.41) is 6.94. The topological polar surface area (TPSA) is 46.9 Å². The molecule has 1 heterocycles. The van der Waals surface area contributed by atoms with Crippen molar-refractivity contribution in [3.63, 3.8) is 0 Å². The largest absolute Gasteiger partial charge is 0.315 e. The molecule has 1 aromatic carbocycles. The Morgan fingerprint density at radius 2 is 1.89 bits per heavy atom. The Balaban J connectivity index is 2.51. The SMILES string of the molecule is CC(C)(C)c1cc(N[C]=O)n(-c2ccc(F)cc2)n1. The van der Waals surface area contributed by atoms with E-state index in [0.717, 1.165) is 5.69 Å². The number of aromatic nitrogens is 2. The van der Waals surface area contributed by atoms with E-state index in [4.69, 9.17) is 0 Å². The number of benzene rings is 1. The molecule has 0 unspecified atom stereocenters. The van der Waals surface area contributed by atoms with Crippen LogP contribution in [-0.2, 0) is 10.2 Å². The van der Waals surface area contributed by atoms with Gasteiger partial charge in [-0.3, -0.25) is 4.79 Å². The number of nitrogens with zero attached hydrogens (tertiary/aromatic N) is 2. The molecule has 0 atom stereocenters. The van der Waals surface area contributed by atoms with Crippen molar-refractivity contribution in [1.82, 2.24) is 9.78 Å². The minimum absolute atomic E-state index is 0.148. The first-order chi connectivity index (χ1) is 8.91. The van der Waals surface area contributed by atoms with E-state index in [9.17, 15) is 9.18 Å². The summed E-state index contributed by atoms with van der Waals surface area (Å²) in [5.74, 6) is 0.190. The van der Waals surface area contributed by atoms with Gasteiger partial charge in [-0.2, -0.15) is 5.10 Å². The Morgan fingerprint density at radius 1 is 1.26 bits per heavy atom. The Morgan fingerprint density at radius 3 is 2.42 bits per heavy atom. The molecular weight excluding hydrogens is 245 g/mol. The molecule has 4 nitrogen and oxygen atoms in total. The zero-order chi connectivity index (χ0) is 14.0. The second-order valence-electron chi connectivity index (χ2n) is 5.28. The van der Waals surface area contributed by atoms with E-state index < -0.39 is 0 Å². The number of nitrogens with one attached hydrogen (secondary N) is 1. The number of anilines is 1. The van der Waals surface area contributed by atoms with E-state index >= 15 is 0 Å². The molecule has 1 N–H and O–H groups in total. The minimum Gasteiger partial charge on any atom is -0.302 e. The van der Waals surface area contributed by atoms with Gasteiger partial charge in [-0.05, 0) is 24.3 Å². The van der Waals surface area contributed by atoms with Gasteiger partial charge in [-0.25, -0.2) is 9.07 Å². The van der Waals surface area contributed by atoms with Gasteiger partial charge >= 0.3 is 6.41 Å². The summed E-state index contributed by atoms with van der Waals surface area (Å²) in [6, 6.07) is 7.69. The van der Waals surface area contributed by atoms with Crippen LogP contribution in [0.1, 0.15) is 26.5 Å². The van der Waals surface area contributed by atoms with Gasteiger partial charge in [0.15, 0.2) is 0 Å². The van der Waals surface area contributed by atoms with Crippen LogP contribution >= 0.6 is 0 Å². The molecule has 19 heavy (non-hydrogen) atoms. The van der Waals surface area contributed by atoms with Crippen LogP contribution in [0, 0.1) is 5.82 Å². The summed E-state index contributed by atoms with van der Waals surface area (Å²) in [6.07, 6.45) is 1.64. The van der Waals surface area contributed by atoms with E-state index in [2.05, 4.69) is 10.4 Å². The molecule has 5 heteroatoms. The number of halogens is 1. The lowest BCUT2D eigenvalue weighted by Gasteiger charge is -2.14. The molecule has 0 saturated carbocycles. The van der Waals surface area contributed by atoms with Gasteiger partial charge in [0.25, 0.3) is 0 Å². The van der Waals surface area contributed by atoms with Crippen molar-refractivity contribution in [2.24, 2.45) is 0 Å². The highest BCUT2D eigenvalue weighted by atomic mass is 19.1. The fourth-order valence-electron chi connectivity index (χ4n) is 1.67. The van der Waals surface area contributed by atoms with Crippen LogP contribution in [0.5, 0.6) is 0 Å². The predicted molar refractivity (Wildman–Crippen MR) is 71.5 cm³/mol. The molecule has 0 saturated heterocycles. The van der Waals surface area contributed by atoms with Crippen LogP contribution in [0.15, 0.2) is 30.3 Å². The summed E-state index contributed by atoms with van der Waals surface area (Å²) in [5.41, 5.74) is 1.36. The average Bonchev–Trinajstić information content (AvgIpc) is 2.74. The summed E-state index contributed by atoms with van der Waals surface area (Å²) in [7, 11) is 0. The summed E-state index contributed by atoms with van der Waals surface area (Å²) < 4.78 is 14.5. The maximum atomic E-state index is 12.9. The lowest BCUT2D eigenvalue weighted by Crippen LogP contribution is -2.12. The van der Waals surface area contributed by atoms with E-state index in [1.54, 1.807) is 29.3 Å². The minimum atomic E-state index is -0.316.